The van der Waals surface area contributed by atoms with Crippen LogP contribution in [0.4, 0.5) is 0 Å². The van der Waals surface area contributed by atoms with Crippen molar-refractivity contribution in [2.24, 2.45) is 11.8 Å². The number of hydrogen-bond acceptors (Lipinski definition) is 4. The van der Waals surface area contributed by atoms with Crippen LogP contribution in [-0.2, 0) is 11.3 Å². The Labute approximate surface area is 245 Å². The highest BCUT2D eigenvalue weighted by Gasteiger charge is 2.23. The first-order valence-electron chi connectivity index (χ1n) is 14.9. The molecule has 218 valence electrons. The highest BCUT2D eigenvalue weighted by Crippen LogP contribution is 2.30. The van der Waals surface area contributed by atoms with Gasteiger partial charge in [-0.25, -0.2) is 4.79 Å². The maximum Gasteiger partial charge on any atom is 0.326 e. The summed E-state index contributed by atoms with van der Waals surface area (Å²) in [6.07, 6.45) is 16.0. The number of hydrogen-bond donors (Lipinski definition) is 3. The highest BCUT2D eigenvalue weighted by atomic mass is 32.2. The second-order valence-electron chi connectivity index (χ2n) is 11.6. The molecule has 2 atom stereocenters. The number of benzene rings is 2. The van der Waals surface area contributed by atoms with Crippen LogP contribution >= 0.6 is 11.8 Å². The molecule has 2 aromatic rings. The van der Waals surface area contributed by atoms with Crippen molar-refractivity contribution in [3.8, 4) is 11.1 Å². The molecule has 1 aliphatic rings. The Hall–Kier alpha value is -2.57. The van der Waals surface area contributed by atoms with Crippen molar-refractivity contribution in [1.29, 1.82) is 0 Å². The van der Waals surface area contributed by atoms with E-state index in [0.29, 0.717) is 36.2 Å². The fourth-order valence-electron chi connectivity index (χ4n) is 5.50. The Bertz CT molecular complexity index is 1120. The molecular weight excluding hydrogens is 516 g/mol. The molecule has 40 heavy (non-hydrogen) atoms. The minimum atomic E-state index is -1.00. The molecule has 6 heteroatoms. The van der Waals surface area contributed by atoms with Crippen LogP contribution in [0.2, 0.25) is 0 Å². The maximum atomic E-state index is 13.4. The molecule has 3 N–H and O–H groups in total. The molecule has 5 nitrogen and oxygen atoms in total. The van der Waals surface area contributed by atoms with Gasteiger partial charge >= 0.3 is 5.97 Å². The normalized spacial score (nSPS) is 15.8. The van der Waals surface area contributed by atoms with E-state index in [-0.39, 0.29) is 5.91 Å². The fourth-order valence-corrected chi connectivity index (χ4v) is 5.97. The average Bonchev–Trinajstić information content (AvgIpc) is 2.94. The summed E-state index contributed by atoms with van der Waals surface area (Å²) in [5, 5.41) is 16.2. The molecule has 0 heterocycles. The third-order valence-corrected chi connectivity index (χ3v) is 8.48. The van der Waals surface area contributed by atoms with Gasteiger partial charge in [0.15, 0.2) is 0 Å². The quantitative estimate of drug-likeness (QED) is 0.194. The lowest BCUT2D eigenvalue weighted by Crippen LogP contribution is -2.41. The molecule has 0 aliphatic heterocycles. The van der Waals surface area contributed by atoms with Gasteiger partial charge < -0.3 is 15.7 Å². The number of carbonyl (C=O) groups excluding carboxylic acids is 1. The molecule has 0 aromatic heterocycles. The Kier molecular flexibility index (Phi) is 13.3. The largest absolute Gasteiger partial charge is 0.480 e. The van der Waals surface area contributed by atoms with Crippen LogP contribution in [0.3, 0.4) is 0 Å². The molecule has 1 aliphatic carbocycles. The maximum absolute atomic E-state index is 13.4. The van der Waals surface area contributed by atoms with E-state index in [1.54, 1.807) is 11.8 Å². The van der Waals surface area contributed by atoms with Crippen LogP contribution < -0.4 is 10.6 Å². The van der Waals surface area contributed by atoms with Gasteiger partial charge in [-0.3, -0.25) is 4.79 Å². The van der Waals surface area contributed by atoms with Crippen molar-refractivity contribution in [3.05, 3.63) is 71.3 Å². The SMILES string of the molecule is CSCC[C@H](NC(=O)c1ccc(CN[C@H](C=CCC(C)C)CC2CCCCC2)cc1-c1ccccc1C)C(=O)O. The Morgan fingerprint density at radius 1 is 1.07 bits per heavy atom. The lowest BCUT2D eigenvalue weighted by Gasteiger charge is -2.26. The van der Waals surface area contributed by atoms with Crippen LogP contribution in [0.5, 0.6) is 0 Å². The molecule has 0 unspecified atom stereocenters. The number of thioether (sulfide) groups is 1. The lowest BCUT2D eigenvalue weighted by molar-refractivity contribution is -0.139. The lowest BCUT2D eigenvalue weighted by atomic mass is 9.84. The predicted octanol–water partition coefficient (Wildman–Crippen LogP) is 7.63. The van der Waals surface area contributed by atoms with Crippen LogP contribution in [0.25, 0.3) is 11.1 Å². The van der Waals surface area contributed by atoms with Crippen molar-refractivity contribution < 1.29 is 14.7 Å². The number of carbonyl (C=O) groups is 2. The number of allylic oxidation sites excluding steroid dienone is 1. The van der Waals surface area contributed by atoms with E-state index in [2.05, 4.69) is 42.7 Å². The first-order valence-corrected chi connectivity index (χ1v) is 16.3. The molecule has 1 saturated carbocycles. The molecule has 3 rings (SSSR count). The van der Waals surface area contributed by atoms with Gasteiger partial charge in [-0.05, 0) is 84.4 Å². The Balaban J connectivity index is 1.84. The van der Waals surface area contributed by atoms with Gasteiger partial charge in [-0.15, -0.1) is 0 Å². The van der Waals surface area contributed by atoms with Crippen LogP contribution in [0.1, 0.15) is 86.7 Å². The van der Waals surface area contributed by atoms with E-state index in [1.807, 2.05) is 49.6 Å². The van der Waals surface area contributed by atoms with E-state index in [1.165, 1.54) is 32.1 Å². The number of amides is 1. The summed E-state index contributed by atoms with van der Waals surface area (Å²) in [5.74, 6) is 0.730. The first kappa shape index (κ1) is 32.0. The van der Waals surface area contributed by atoms with Crippen molar-refractivity contribution in [2.45, 2.75) is 90.8 Å². The average molecular weight is 565 g/mol. The van der Waals surface area contributed by atoms with E-state index in [0.717, 1.165) is 41.0 Å². The predicted molar refractivity (Wildman–Crippen MR) is 169 cm³/mol. The van der Waals surface area contributed by atoms with E-state index >= 15 is 0 Å². The Morgan fingerprint density at radius 2 is 1.82 bits per heavy atom. The third-order valence-electron chi connectivity index (χ3n) is 7.83. The molecule has 0 radical (unpaired) electrons. The molecular formula is C34H48N2O3S. The monoisotopic (exact) mass is 564 g/mol. The number of aliphatic carboxylic acids is 1. The van der Waals surface area contributed by atoms with Gasteiger partial charge in [0.05, 0.1) is 0 Å². The van der Waals surface area contributed by atoms with Crippen molar-refractivity contribution in [3.63, 3.8) is 0 Å². The van der Waals surface area contributed by atoms with E-state index in [9.17, 15) is 14.7 Å². The van der Waals surface area contributed by atoms with Gasteiger partial charge in [0.25, 0.3) is 5.91 Å². The summed E-state index contributed by atoms with van der Waals surface area (Å²) in [6, 6.07) is 13.4. The summed E-state index contributed by atoms with van der Waals surface area (Å²) in [5.41, 5.74) is 4.51. The minimum Gasteiger partial charge on any atom is -0.480 e. The van der Waals surface area contributed by atoms with E-state index < -0.39 is 12.0 Å². The van der Waals surface area contributed by atoms with Crippen molar-refractivity contribution >= 4 is 23.6 Å². The van der Waals surface area contributed by atoms with Gasteiger partial charge in [0, 0.05) is 18.2 Å². The fraction of sp³-hybridized carbons (Fsp3) is 0.529. The van der Waals surface area contributed by atoms with Gasteiger partial charge in [0.1, 0.15) is 6.04 Å². The zero-order valence-electron chi connectivity index (χ0n) is 24.7. The van der Waals surface area contributed by atoms with Gasteiger partial charge in [-0.2, -0.15) is 11.8 Å². The standard InChI is InChI=1S/C34H48N2O3S/c1-24(2)11-10-15-28(21-26-13-6-5-7-14-26)35-23-27-17-18-30(31(22-27)29-16-9-8-12-25(29)3)33(37)36-32(34(38)39)19-20-40-4/h8-10,12,15-18,22,24,26,28,32,35H,5-7,11,13-14,19-21,23H2,1-4H3,(H,36,37)(H,38,39)/t28-,32+/m1/s1. The summed E-state index contributed by atoms with van der Waals surface area (Å²) < 4.78 is 0. The van der Waals surface area contributed by atoms with E-state index in [4.69, 9.17) is 0 Å². The first-order chi connectivity index (χ1) is 19.3. The van der Waals surface area contributed by atoms with Crippen LogP contribution in [-0.4, -0.2) is 41.1 Å². The number of carboxylic acids is 1. The smallest absolute Gasteiger partial charge is 0.326 e. The Morgan fingerprint density at radius 3 is 2.50 bits per heavy atom. The molecule has 0 bridgehead atoms. The molecule has 0 saturated heterocycles. The molecule has 2 aromatic carbocycles. The zero-order valence-corrected chi connectivity index (χ0v) is 25.6. The summed E-state index contributed by atoms with van der Waals surface area (Å²) in [7, 11) is 0. The highest BCUT2D eigenvalue weighted by molar-refractivity contribution is 7.98. The second kappa shape index (κ2) is 16.6. The number of nitrogens with one attached hydrogen (secondary N) is 2. The number of aryl methyl sites for hydroxylation is 1. The number of carboxylic acid groups (broad SMARTS) is 1. The molecule has 1 amide bonds. The second-order valence-corrected chi connectivity index (χ2v) is 12.6. The van der Waals surface area contributed by atoms with Crippen LogP contribution in [0.15, 0.2) is 54.6 Å². The van der Waals surface area contributed by atoms with Crippen molar-refractivity contribution in [2.75, 3.05) is 12.0 Å². The zero-order chi connectivity index (χ0) is 28.9. The van der Waals surface area contributed by atoms with Crippen molar-refractivity contribution in [1.82, 2.24) is 10.6 Å². The summed E-state index contributed by atoms with van der Waals surface area (Å²) in [4.78, 5) is 25.2. The van der Waals surface area contributed by atoms with Gasteiger partial charge in [0.2, 0.25) is 0 Å². The third kappa shape index (κ3) is 10.1. The summed E-state index contributed by atoms with van der Waals surface area (Å²) in [6.45, 7) is 7.25. The molecule has 1 fully saturated rings. The summed E-state index contributed by atoms with van der Waals surface area (Å²) >= 11 is 1.57. The van der Waals surface area contributed by atoms with Gasteiger partial charge in [-0.1, -0.05) is 88.4 Å². The van der Waals surface area contributed by atoms with Crippen LogP contribution in [0, 0.1) is 18.8 Å². The minimum absolute atomic E-state index is 0.319. The number of rotatable bonds is 15. The topological polar surface area (TPSA) is 78.4 Å². The molecule has 0 spiro atoms.